The van der Waals surface area contributed by atoms with Gasteiger partial charge in [0.25, 0.3) is 0 Å². The van der Waals surface area contributed by atoms with Crippen LogP contribution in [0.5, 0.6) is 0 Å². The molecule has 0 saturated heterocycles. The molecule has 144 valence electrons. The van der Waals surface area contributed by atoms with Crippen LogP contribution in [0.1, 0.15) is 11.3 Å². The lowest BCUT2D eigenvalue weighted by atomic mass is 10.1. The molecule has 0 aliphatic rings. The van der Waals surface area contributed by atoms with Crippen LogP contribution >= 0.6 is 0 Å². The maximum atomic E-state index is 5.99. The van der Waals surface area contributed by atoms with Gasteiger partial charge in [-0.05, 0) is 19.2 Å². The van der Waals surface area contributed by atoms with Crippen molar-refractivity contribution < 1.29 is 8.94 Å². The summed E-state index contributed by atoms with van der Waals surface area (Å²) in [4.78, 5) is 2.16. The zero-order valence-electron chi connectivity index (χ0n) is 16.0. The molecule has 5 aromatic rings. The molecule has 0 radical (unpaired) electrons. The molecule has 6 nitrogen and oxygen atoms in total. The summed E-state index contributed by atoms with van der Waals surface area (Å²) in [5.41, 5.74) is 4.73. The second kappa shape index (κ2) is 7.41. The highest BCUT2D eigenvalue weighted by Gasteiger charge is 2.15. The number of rotatable bonds is 6. The van der Waals surface area contributed by atoms with E-state index in [1.165, 1.54) is 0 Å². The predicted octanol–water partition coefficient (Wildman–Crippen LogP) is 5.11. The highest BCUT2D eigenvalue weighted by atomic mass is 16.5. The molecule has 0 aliphatic carbocycles. The van der Waals surface area contributed by atoms with E-state index >= 15 is 0 Å². The van der Waals surface area contributed by atoms with Crippen LogP contribution in [0, 0.1) is 0 Å². The molecular formula is C23H20N4O2. The Hall–Kier alpha value is -3.64. The molecule has 0 amide bonds. The molecule has 1 N–H and O–H groups in total. The summed E-state index contributed by atoms with van der Waals surface area (Å²) < 4.78 is 11.5. The van der Waals surface area contributed by atoms with Gasteiger partial charge in [-0.25, -0.2) is 0 Å². The summed E-state index contributed by atoms with van der Waals surface area (Å²) >= 11 is 0. The summed E-state index contributed by atoms with van der Waals surface area (Å²) in [6, 6.07) is 22.0. The fourth-order valence-electron chi connectivity index (χ4n) is 3.49. The van der Waals surface area contributed by atoms with E-state index in [1.54, 1.807) is 0 Å². The number of fused-ring (bicyclic) bond motifs is 1. The van der Waals surface area contributed by atoms with Crippen molar-refractivity contribution in [3.63, 3.8) is 0 Å². The van der Waals surface area contributed by atoms with Crippen molar-refractivity contribution in [1.29, 1.82) is 0 Å². The molecule has 0 atom stereocenters. The van der Waals surface area contributed by atoms with Crippen LogP contribution in [0.15, 0.2) is 81.9 Å². The largest absolute Gasteiger partial charge is 0.454 e. The summed E-state index contributed by atoms with van der Waals surface area (Å²) in [7, 11) is 2.04. The Kier molecular flexibility index (Phi) is 4.46. The normalized spacial score (nSPS) is 11.5. The standard InChI is InChI=1S/C23H20N4O2/c1-27(15-19-12-20(26-29-19)16-7-3-2-4-8-16)14-18-13-24-25-23(18)22-11-17-9-5-6-10-21(17)28-22/h2-13H,14-15H2,1H3,(H,24,25). The van der Waals surface area contributed by atoms with Gasteiger partial charge in [0.15, 0.2) is 11.5 Å². The first kappa shape index (κ1) is 17.5. The number of para-hydroxylation sites is 1. The summed E-state index contributed by atoms with van der Waals surface area (Å²) in [5.74, 6) is 1.61. The van der Waals surface area contributed by atoms with Crippen molar-refractivity contribution in [2.75, 3.05) is 7.05 Å². The van der Waals surface area contributed by atoms with Gasteiger partial charge in [-0.3, -0.25) is 10.00 Å². The van der Waals surface area contributed by atoms with Gasteiger partial charge in [-0.2, -0.15) is 5.10 Å². The van der Waals surface area contributed by atoms with Crippen molar-refractivity contribution in [2.45, 2.75) is 13.1 Å². The number of H-pyrrole nitrogens is 1. The first-order valence-electron chi connectivity index (χ1n) is 9.47. The van der Waals surface area contributed by atoms with E-state index in [-0.39, 0.29) is 0 Å². The first-order valence-corrected chi connectivity index (χ1v) is 9.47. The Labute approximate surface area is 167 Å². The van der Waals surface area contributed by atoms with E-state index in [9.17, 15) is 0 Å². The Bertz CT molecular complexity index is 1200. The lowest BCUT2D eigenvalue weighted by molar-refractivity contribution is 0.267. The number of nitrogens with one attached hydrogen (secondary N) is 1. The molecule has 6 heteroatoms. The minimum Gasteiger partial charge on any atom is -0.454 e. The number of nitrogens with zero attached hydrogens (tertiary/aromatic N) is 3. The number of furan rings is 1. The Morgan fingerprint density at radius 2 is 1.79 bits per heavy atom. The van der Waals surface area contributed by atoms with Crippen molar-refractivity contribution in [1.82, 2.24) is 20.3 Å². The zero-order valence-corrected chi connectivity index (χ0v) is 16.0. The first-order chi connectivity index (χ1) is 14.3. The molecule has 29 heavy (non-hydrogen) atoms. The third-order valence-corrected chi connectivity index (χ3v) is 4.88. The SMILES string of the molecule is CN(Cc1cc(-c2ccccc2)no1)Cc1cn[nH]c1-c1cc2ccccc2o1. The van der Waals surface area contributed by atoms with E-state index < -0.39 is 0 Å². The molecular weight excluding hydrogens is 364 g/mol. The van der Waals surface area contributed by atoms with Crippen molar-refractivity contribution >= 4 is 11.0 Å². The monoisotopic (exact) mass is 384 g/mol. The number of aromatic amines is 1. The molecule has 2 aromatic carbocycles. The molecule has 0 unspecified atom stereocenters. The Morgan fingerprint density at radius 3 is 2.66 bits per heavy atom. The smallest absolute Gasteiger partial charge is 0.153 e. The van der Waals surface area contributed by atoms with Crippen LogP contribution in [0.25, 0.3) is 33.7 Å². The van der Waals surface area contributed by atoms with Crippen molar-refractivity contribution in [3.8, 4) is 22.7 Å². The number of benzene rings is 2. The second-order valence-electron chi connectivity index (χ2n) is 7.14. The Morgan fingerprint density at radius 1 is 0.966 bits per heavy atom. The second-order valence-corrected chi connectivity index (χ2v) is 7.14. The van der Waals surface area contributed by atoms with Crippen LogP contribution < -0.4 is 0 Å². The van der Waals surface area contributed by atoms with Gasteiger partial charge in [0.2, 0.25) is 0 Å². The van der Waals surface area contributed by atoms with Gasteiger partial charge >= 0.3 is 0 Å². The fourth-order valence-corrected chi connectivity index (χ4v) is 3.49. The van der Waals surface area contributed by atoms with E-state index in [2.05, 4.69) is 20.3 Å². The summed E-state index contributed by atoms with van der Waals surface area (Å²) in [6.07, 6.45) is 1.84. The van der Waals surface area contributed by atoms with Crippen molar-refractivity contribution in [2.24, 2.45) is 0 Å². The molecule has 5 rings (SSSR count). The minimum absolute atomic E-state index is 0.643. The van der Waals surface area contributed by atoms with Crippen molar-refractivity contribution in [3.05, 3.63) is 84.3 Å². The summed E-state index contributed by atoms with van der Waals surface area (Å²) in [5, 5.41) is 12.6. The zero-order chi connectivity index (χ0) is 19.6. The average molecular weight is 384 g/mol. The van der Waals surface area contributed by atoms with Gasteiger partial charge in [0.1, 0.15) is 17.0 Å². The van der Waals surface area contributed by atoms with E-state index in [1.807, 2.05) is 80.0 Å². The van der Waals surface area contributed by atoms with Crippen LogP contribution in [-0.4, -0.2) is 27.3 Å². The minimum atomic E-state index is 0.643. The third kappa shape index (κ3) is 3.58. The van der Waals surface area contributed by atoms with Gasteiger partial charge < -0.3 is 8.94 Å². The average Bonchev–Trinajstić information content (AvgIpc) is 3.47. The molecule has 0 aliphatic heterocycles. The van der Waals surface area contributed by atoms with E-state index in [0.29, 0.717) is 13.1 Å². The topological polar surface area (TPSA) is 71.1 Å². The summed E-state index contributed by atoms with van der Waals surface area (Å²) in [6.45, 7) is 1.34. The fraction of sp³-hybridized carbons (Fsp3) is 0.130. The van der Waals surface area contributed by atoms with Gasteiger partial charge in [-0.1, -0.05) is 53.7 Å². The lowest BCUT2D eigenvalue weighted by Gasteiger charge is -2.14. The number of hydrogen-bond acceptors (Lipinski definition) is 5. The molecule has 0 bridgehead atoms. The van der Waals surface area contributed by atoms with Gasteiger partial charge in [0.05, 0.1) is 12.7 Å². The Balaban J connectivity index is 1.31. The third-order valence-electron chi connectivity index (χ3n) is 4.88. The van der Waals surface area contributed by atoms with Crippen LogP contribution in [0.3, 0.4) is 0 Å². The number of aromatic nitrogens is 3. The molecule has 3 aromatic heterocycles. The highest BCUT2D eigenvalue weighted by Crippen LogP contribution is 2.29. The van der Waals surface area contributed by atoms with Gasteiger partial charge in [0, 0.05) is 29.1 Å². The van der Waals surface area contributed by atoms with Crippen LogP contribution in [0.2, 0.25) is 0 Å². The van der Waals surface area contributed by atoms with Crippen LogP contribution in [0.4, 0.5) is 0 Å². The quantitative estimate of drug-likeness (QED) is 0.440. The van der Waals surface area contributed by atoms with E-state index in [0.717, 1.165) is 45.0 Å². The predicted molar refractivity (Wildman–Crippen MR) is 111 cm³/mol. The molecule has 0 saturated carbocycles. The molecule has 0 fully saturated rings. The van der Waals surface area contributed by atoms with Crippen LogP contribution in [-0.2, 0) is 13.1 Å². The maximum Gasteiger partial charge on any atom is 0.153 e. The number of hydrogen-bond donors (Lipinski definition) is 1. The highest BCUT2D eigenvalue weighted by molar-refractivity contribution is 5.82. The maximum absolute atomic E-state index is 5.99. The van der Waals surface area contributed by atoms with E-state index in [4.69, 9.17) is 8.94 Å². The van der Waals surface area contributed by atoms with Gasteiger partial charge in [-0.15, -0.1) is 0 Å². The molecule has 3 heterocycles. The lowest BCUT2D eigenvalue weighted by Crippen LogP contribution is -2.17. The molecule has 0 spiro atoms.